The average molecular weight is 119 g/mol. The standard InChI is InChI=1S/C5H11N.2H3N/c1-3-5(6)4-2;;/h3,5H,1,4,6H2,2H3;2*1H3. The van der Waals surface area contributed by atoms with Crippen molar-refractivity contribution in [1.29, 1.82) is 0 Å². The maximum absolute atomic E-state index is 5.35. The third kappa shape index (κ3) is 9.15. The summed E-state index contributed by atoms with van der Waals surface area (Å²) in [5, 5.41) is 0. The Morgan fingerprint density at radius 1 is 1.62 bits per heavy atom. The van der Waals surface area contributed by atoms with E-state index in [9.17, 15) is 0 Å². The first-order valence-electron chi connectivity index (χ1n) is 2.19. The average Bonchev–Trinajstić information content (AvgIpc) is 1.65. The lowest BCUT2D eigenvalue weighted by atomic mass is 10.2. The van der Waals surface area contributed by atoms with E-state index in [0.29, 0.717) is 0 Å². The zero-order valence-electron chi connectivity index (χ0n) is 5.56. The Labute approximate surface area is 51.1 Å². The van der Waals surface area contributed by atoms with Crippen LogP contribution >= 0.6 is 0 Å². The summed E-state index contributed by atoms with van der Waals surface area (Å²) in [6.07, 6.45) is 2.74. The predicted molar refractivity (Wildman–Crippen MR) is 38.5 cm³/mol. The van der Waals surface area contributed by atoms with Gasteiger partial charge in [0.15, 0.2) is 0 Å². The van der Waals surface area contributed by atoms with Gasteiger partial charge in [-0.15, -0.1) is 6.58 Å². The lowest BCUT2D eigenvalue weighted by molar-refractivity contribution is 0.784. The van der Waals surface area contributed by atoms with Crippen molar-refractivity contribution in [1.82, 2.24) is 12.3 Å². The van der Waals surface area contributed by atoms with Gasteiger partial charge in [0.25, 0.3) is 0 Å². The van der Waals surface area contributed by atoms with Crippen molar-refractivity contribution in [3.8, 4) is 0 Å². The molecule has 8 heavy (non-hydrogen) atoms. The highest BCUT2D eigenvalue weighted by molar-refractivity contribution is 4.79. The van der Waals surface area contributed by atoms with E-state index in [1.54, 1.807) is 6.08 Å². The fourth-order valence-electron chi connectivity index (χ4n) is 0.167. The molecule has 0 radical (unpaired) electrons. The van der Waals surface area contributed by atoms with Crippen LogP contribution in [0.1, 0.15) is 13.3 Å². The van der Waals surface area contributed by atoms with Gasteiger partial charge in [-0.05, 0) is 6.42 Å². The Morgan fingerprint density at radius 2 is 2.00 bits per heavy atom. The van der Waals surface area contributed by atoms with Crippen molar-refractivity contribution < 1.29 is 0 Å². The van der Waals surface area contributed by atoms with Gasteiger partial charge in [0.05, 0.1) is 0 Å². The molecule has 3 heteroatoms. The lowest BCUT2D eigenvalue weighted by Gasteiger charge is -1.95. The van der Waals surface area contributed by atoms with Crippen molar-refractivity contribution in [3.63, 3.8) is 0 Å². The van der Waals surface area contributed by atoms with Crippen molar-refractivity contribution >= 4 is 0 Å². The van der Waals surface area contributed by atoms with E-state index in [1.165, 1.54) is 0 Å². The van der Waals surface area contributed by atoms with E-state index >= 15 is 0 Å². The van der Waals surface area contributed by atoms with Crippen molar-refractivity contribution in [2.75, 3.05) is 0 Å². The molecule has 0 heterocycles. The van der Waals surface area contributed by atoms with Crippen LogP contribution in [0.3, 0.4) is 0 Å². The quantitative estimate of drug-likeness (QED) is 0.477. The van der Waals surface area contributed by atoms with Crippen molar-refractivity contribution in [3.05, 3.63) is 12.7 Å². The van der Waals surface area contributed by atoms with Gasteiger partial charge in [0.1, 0.15) is 0 Å². The first kappa shape index (κ1) is 15.6. The van der Waals surface area contributed by atoms with Crippen LogP contribution in [0.4, 0.5) is 0 Å². The molecular weight excluding hydrogens is 102 g/mol. The minimum Gasteiger partial charge on any atom is -0.344 e. The third-order valence-electron chi connectivity index (χ3n) is 0.774. The molecule has 1 atom stereocenters. The molecule has 3 nitrogen and oxygen atoms in total. The Morgan fingerprint density at radius 3 is 2.00 bits per heavy atom. The van der Waals surface area contributed by atoms with E-state index in [4.69, 9.17) is 5.73 Å². The van der Waals surface area contributed by atoms with E-state index < -0.39 is 0 Å². The zero-order valence-corrected chi connectivity index (χ0v) is 5.56. The number of hydrogen-bond acceptors (Lipinski definition) is 3. The van der Waals surface area contributed by atoms with Crippen molar-refractivity contribution in [2.45, 2.75) is 19.4 Å². The van der Waals surface area contributed by atoms with Crippen LogP contribution in [0.15, 0.2) is 12.7 Å². The Hall–Kier alpha value is -0.380. The predicted octanol–water partition coefficient (Wildman–Crippen LogP) is 1.23. The number of hydrogen-bond donors (Lipinski definition) is 3. The van der Waals surface area contributed by atoms with E-state index in [-0.39, 0.29) is 18.3 Å². The molecule has 0 aromatic carbocycles. The molecule has 0 fully saturated rings. The molecule has 0 rings (SSSR count). The summed E-state index contributed by atoms with van der Waals surface area (Å²) in [5.41, 5.74) is 5.35. The summed E-state index contributed by atoms with van der Waals surface area (Å²) < 4.78 is 0. The van der Waals surface area contributed by atoms with Gasteiger partial charge in [-0.1, -0.05) is 13.0 Å². The highest BCUT2D eigenvalue weighted by Gasteiger charge is 1.84. The summed E-state index contributed by atoms with van der Waals surface area (Å²) in [5.74, 6) is 0. The summed E-state index contributed by atoms with van der Waals surface area (Å²) in [7, 11) is 0. The Kier molecular flexibility index (Phi) is 19.2. The SMILES string of the molecule is C=CC(N)CC.N.N. The maximum atomic E-state index is 5.35. The monoisotopic (exact) mass is 119 g/mol. The molecule has 8 N–H and O–H groups in total. The molecule has 0 aliphatic rings. The van der Waals surface area contributed by atoms with Crippen LogP contribution < -0.4 is 18.0 Å². The lowest BCUT2D eigenvalue weighted by Crippen LogP contribution is -2.13. The Balaban J connectivity index is -0.000000125. The second-order valence-corrected chi connectivity index (χ2v) is 1.31. The van der Waals surface area contributed by atoms with Gasteiger partial charge >= 0.3 is 0 Å². The minimum absolute atomic E-state index is 0. The van der Waals surface area contributed by atoms with Crippen LogP contribution in [0.5, 0.6) is 0 Å². The number of rotatable bonds is 2. The molecule has 1 unspecified atom stereocenters. The van der Waals surface area contributed by atoms with Crippen LogP contribution in [0, 0.1) is 0 Å². The molecule has 0 bridgehead atoms. The smallest absolute Gasteiger partial charge is 0.0218 e. The molecule has 0 saturated heterocycles. The van der Waals surface area contributed by atoms with Crippen molar-refractivity contribution in [2.24, 2.45) is 5.73 Å². The third-order valence-corrected chi connectivity index (χ3v) is 0.774. The van der Waals surface area contributed by atoms with Gasteiger partial charge in [0.2, 0.25) is 0 Å². The van der Waals surface area contributed by atoms with Gasteiger partial charge in [-0.2, -0.15) is 0 Å². The molecule has 52 valence electrons. The summed E-state index contributed by atoms with van der Waals surface area (Å²) in [6.45, 7) is 5.54. The van der Waals surface area contributed by atoms with E-state index in [1.807, 2.05) is 6.92 Å². The van der Waals surface area contributed by atoms with Crippen LogP contribution in [-0.2, 0) is 0 Å². The summed E-state index contributed by atoms with van der Waals surface area (Å²) >= 11 is 0. The highest BCUT2D eigenvalue weighted by Crippen LogP contribution is 1.82. The fourth-order valence-corrected chi connectivity index (χ4v) is 0.167. The number of nitrogens with two attached hydrogens (primary N) is 1. The highest BCUT2D eigenvalue weighted by atomic mass is 14.6. The fraction of sp³-hybridized carbons (Fsp3) is 0.600. The van der Waals surface area contributed by atoms with Gasteiger partial charge in [0, 0.05) is 6.04 Å². The van der Waals surface area contributed by atoms with Crippen LogP contribution in [-0.4, -0.2) is 6.04 Å². The Bertz CT molecular complexity index is 44.9. The first-order chi connectivity index (χ1) is 2.81. The molecule has 0 amide bonds. The molecule has 0 aliphatic heterocycles. The van der Waals surface area contributed by atoms with Gasteiger partial charge in [-0.3, -0.25) is 0 Å². The van der Waals surface area contributed by atoms with Crippen LogP contribution in [0.25, 0.3) is 0 Å². The molecule has 0 spiro atoms. The van der Waals surface area contributed by atoms with Gasteiger partial charge in [-0.25, -0.2) is 0 Å². The van der Waals surface area contributed by atoms with E-state index in [0.717, 1.165) is 6.42 Å². The molecule has 0 aromatic rings. The minimum atomic E-state index is 0. The van der Waals surface area contributed by atoms with Gasteiger partial charge < -0.3 is 18.0 Å². The maximum Gasteiger partial charge on any atom is 0.0218 e. The first-order valence-corrected chi connectivity index (χ1v) is 2.19. The molecule has 0 aromatic heterocycles. The summed E-state index contributed by atoms with van der Waals surface area (Å²) in [4.78, 5) is 0. The summed E-state index contributed by atoms with van der Waals surface area (Å²) in [6, 6.07) is 0.199. The normalized spacial score (nSPS) is 10.2. The van der Waals surface area contributed by atoms with E-state index in [2.05, 4.69) is 6.58 Å². The largest absolute Gasteiger partial charge is 0.344 e. The second kappa shape index (κ2) is 9.80. The second-order valence-electron chi connectivity index (χ2n) is 1.31. The zero-order chi connectivity index (χ0) is 4.99. The topological polar surface area (TPSA) is 96.0 Å². The van der Waals surface area contributed by atoms with Crippen LogP contribution in [0.2, 0.25) is 0 Å². The molecule has 0 aliphatic carbocycles. The molecule has 0 saturated carbocycles. The molecular formula is C5H17N3.